The SMILES string of the molecule is C1CCOC1.[Cl][Pd][Cl]. The van der Waals surface area contributed by atoms with E-state index in [2.05, 4.69) is 0 Å². The molecule has 0 radical (unpaired) electrons. The topological polar surface area (TPSA) is 9.23 Å². The number of rotatable bonds is 0. The van der Waals surface area contributed by atoms with Crippen molar-refractivity contribution in [3.05, 3.63) is 0 Å². The van der Waals surface area contributed by atoms with E-state index in [9.17, 15) is 0 Å². The van der Waals surface area contributed by atoms with E-state index in [0.29, 0.717) is 0 Å². The van der Waals surface area contributed by atoms with E-state index in [1.54, 1.807) is 0 Å². The minimum absolute atomic E-state index is 0.106. The van der Waals surface area contributed by atoms with E-state index in [4.69, 9.17) is 23.8 Å². The summed E-state index contributed by atoms with van der Waals surface area (Å²) in [5, 5.41) is 0. The van der Waals surface area contributed by atoms with E-state index >= 15 is 0 Å². The normalized spacial score (nSPS) is 17.8. The van der Waals surface area contributed by atoms with Gasteiger partial charge in [0.1, 0.15) is 0 Å². The third-order valence-corrected chi connectivity index (χ3v) is 0.827. The fourth-order valence-electron chi connectivity index (χ4n) is 0.510. The molecule has 1 rings (SSSR count). The standard InChI is InChI=1S/C4H8O.2ClH.Pd/c1-2-4-5-3-1;;;/h1-4H2;2*1H;/q;;;+2/p-2. The van der Waals surface area contributed by atoms with Crippen molar-refractivity contribution >= 4 is 19.1 Å². The Morgan fingerprint density at radius 3 is 1.62 bits per heavy atom. The van der Waals surface area contributed by atoms with Crippen LogP contribution in [-0.4, -0.2) is 13.2 Å². The van der Waals surface area contributed by atoms with Gasteiger partial charge in [0.25, 0.3) is 0 Å². The summed E-state index contributed by atoms with van der Waals surface area (Å²) in [4.78, 5) is 0. The van der Waals surface area contributed by atoms with Gasteiger partial charge in [0.2, 0.25) is 0 Å². The summed E-state index contributed by atoms with van der Waals surface area (Å²) in [6.07, 6.45) is 2.56. The monoisotopic (exact) mass is 248 g/mol. The zero-order chi connectivity index (χ0) is 6.24. The van der Waals surface area contributed by atoms with E-state index in [0.717, 1.165) is 13.2 Å². The van der Waals surface area contributed by atoms with E-state index < -0.39 is 0 Å². The van der Waals surface area contributed by atoms with Gasteiger partial charge in [0.15, 0.2) is 0 Å². The zero-order valence-electron chi connectivity index (χ0n) is 4.31. The molecule has 0 aliphatic carbocycles. The van der Waals surface area contributed by atoms with Crippen LogP contribution in [0.5, 0.6) is 0 Å². The van der Waals surface area contributed by atoms with Crippen LogP contribution in [0.15, 0.2) is 0 Å². The van der Waals surface area contributed by atoms with Gasteiger partial charge in [0.05, 0.1) is 0 Å². The molecule has 0 amide bonds. The first-order chi connectivity index (χ1) is 3.91. The number of hydrogen-bond acceptors (Lipinski definition) is 1. The van der Waals surface area contributed by atoms with Gasteiger partial charge in [-0.2, -0.15) is 0 Å². The van der Waals surface area contributed by atoms with E-state index in [1.165, 1.54) is 12.8 Å². The van der Waals surface area contributed by atoms with E-state index in [1.807, 2.05) is 0 Å². The fourth-order valence-corrected chi connectivity index (χ4v) is 0.510. The van der Waals surface area contributed by atoms with Gasteiger partial charge in [-0.3, -0.25) is 0 Å². The van der Waals surface area contributed by atoms with Crippen molar-refractivity contribution in [1.82, 2.24) is 0 Å². The Morgan fingerprint density at radius 1 is 1.12 bits per heavy atom. The fraction of sp³-hybridized carbons (Fsp3) is 1.00. The molecule has 0 aromatic carbocycles. The Bertz CT molecular complexity index is 33.4. The van der Waals surface area contributed by atoms with Gasteiger partial charge in [-0.05, 0) is 12.8 Å². The van der Waals surface area contributed by atoms with Crippen LogP contribution in [0.2, 0.25) is 0 Å². The van der Waals surface area contributed by atoms with Crippen molar-refractivity contribution < 1.29 is 20.7 Å². The quantitative estimate of drug-likeness (QED) is 0.598. The van der Waals surface area contributed by atoms with Crippen molar-refractivity contribution in [3.8, 4) is 0 Å². The summed E-state index contributed by atoms with van der Waals surface area (Å²) >= 11 is -0.106. The Hall–Kier alpha value is 1.20. The predicted octanol–water partition coefficient (Wildman–Crippen LogP) is 2.17. The average Bonchev–Trinajstić information content (AvgIpc) is 2.17. The molecular weight excluding hydrogens is 241 g/mol. The first kappa shape index (κ1) is 9.20. The Balaban J connectivity index is 0.000000145. The van der Waals surface area contributed by atoms with Crippen LogP contribution in [0, 0.1) is 0 Å². The molecule has 1 aliphatic rings. The zero-order valence-corrected chi connectivity index (χ0v) is 7.38. The van der Waals surface area contributed by atoms with Crippen molar-refractivity contribution in [2.75, 3.05) is 13.2 Å². The molecule has 0 unspecified atom stereocenters. The molecule has 0 saturated carbocycles. The molecule has 54 valence electrons. The predicted molar refractivity (Wildman–Crippen MR) is 31.8 cm³/mol. The van der Waals surface area contributed by atoms with E-state index in [-0.39, 0.29) is 15.9 Å². The average molecular weight is 249 g/mol. The Labute approximate surface area is 65.8 Å². The first-order valence-electron chi connectivity index (χ1n) is 2.32. The maximum atomic E-state index is 4.94. The molecule has 1 saturated heterocycles. The van der Waals surface area contributed by atoms with Crippen molar-refractivity contribution in [1.29, 1.82) is 0 Å². The van der Waals surface area contributed by atoms with Gasteiger partial charge in [0, 0.05) is 13.2 Å². The Kier molecular flexibility index (Phi) is 9.44. The summed E-state index contributed by atoms with van der Waals surface area (Å²) in [5.41, 5.74) is 0. The second-order valence-electron chi connectivity index (χ2n) is 1.36. The van der Waals surface area contributed by atoms with Crippen molar-refractivity contribution in [2.24, 2.45) is 0 Å². The van der Waals surface area contributed by atoms with Crippen LogP contribution in [0.1, 0.15) is 12.8 Å². The number of ether oxygens (including phenoxy) is 1. The molecule has 0 spiro atoms. The van der Waals surface area contributed by atoms with Gasteiger partial charge in [-0.15, -0.1) is 0 Å². The van der Waals surface area contributed by atoms with Gasteiger partial charge >= 0.3 is 35.0 Å². The summed E-state index contributed by atoms with van der Waals surface area (Å²) in [6, 6.07) is 0. The molecule has 1 aliphatic heterocycles. The molecule has 0 N–H and O–H groups in total. The Morgan fingerprint density at radius 2 is 1.50 bits per heavy atom. The minimum atomic E-state index is -0.106. The van der Waals surface area contributed by atoms with Crippen LogP contribution in [0.3, 0.4) is 0 Å². The molecule has 0 atom stereocenters. The molecule has 4 heteroatoms. The second kappa shape index (κ2) is 8.20. The summed E-state index contributed by atoms with van der Waals surface area (Å²) in [6.45, 7) is 2.00. The van der Waals surface area contributed by atoms with Crippen molar-refractivity contribution in [2.45, 2.75) is 12.8 Å². The third-order valence-electron chi connectivity index (χ3n) is 0.827. The van der Waals surface area contributed by atoms with Crippen LogP contribution in [-0.2, 0) is 20.7 Å². The summed E-state index contributed by atoms with van der Waals surface area (Å²) in [7, 11) is 9.63. The van der Waals surface area contributed by atoms with Crippen molar-refractivity contribution in [3.63, 3.8) is 0 Å². The van der Waals surface area contributed by atoms with Crippen LogP contribution >= 0.6 is 19.1 Å². The van der Waals surface area contributed by atoms with Crippen LogP contribution < -0.4 is 0 Å². The molecule has 1 fully saturated rings. The van der Waals surface area contributed by atoms with Crippen LogP contribution in [0.4, 0.5) is 0 Å². The molecule has 1 nitrogen and oxygen atoms in total. The number of halogens is 2. The molecule has 1 heterocycles. The third kappa shape index (κ3) is 7.20. The summed E-state index contributed by atoms with van der Waals surface area (Å²) in [5.74, 6) is 0. The maximum absolute atomic E-state index is 4.94. The first-order valence-corrected chi connectivity index (χ1v) is 6.32. The summed E-state index contributed by atoms with van der Waals surface area (Å²) < 4.78 is 4.94. The van der Waals surface area contributed by atoms with Gasteiger partial charge in [-0.25, -0.2) is 0 Å². The van der Waals surface area contributed by atoms with Crippen LogP contribution in [0.25, 0.3) is 0 Å². The molecule has 0 aromatic heterocycles. The molecular formula is C4H8Cl2OPd. The molecule has 0 aromatic rings. The molecule has 8 heavy (non-hydrogen) atoms. The molecule has 0 bridgehead atoms. The second-order valence-corrected chi connectivity index (χ2v) is 3.72. The van der Waals surface area contributed by atoms with Gasteiger partial charge in [-0.1, -0.05) is 0 Å². The van der Waals surface area contributed by atoms with Gasteiger partial charge < -0.3 is 4.74 Å². The number of hydrogen-bond donors (Lipinski definition) is 0.